The van der Waals surface area contributed by atoms with E-state index in [1.165, 1.54) is 0 Å². The minimum atomic E-state index is 0.246. The Morgan fingerprint density at radius 3 is 2.65 bits per heavy atom. The number of pyridine rings is 1. The molecule has 3 aromatic carbocycles. The van der Waals surface area contributed by atoms with E-state index in [4.69, 9.17) is 10.7 Å². The Kier molecular flexibility index (Phi) is 2.95. The Balaban J connectivity index is 2.02. The number of benzene rings is 3. The standard InChI is InChI=1S/C20H16N2O/c1-12-9-19(14-3-2-4-16(23)11-14)22-18-8-5-13-10-15(21)6-7-17(13)20(12)18/h2-11,23H,21H2,1H3. The molecule has 1 heterocycles. The van der Waals surface area contributed by atoms with Crippen LogP contribution in [0.4, 0.5) is 5.69 Å². The molecule has 0 atom stereocenters. The third kappa shape index (κ3) is 2.27. The van der Waals surface area contributed by atoms with Gasteiger partial charge in [-0.3, -0.25) is 0 Å². The summed E-state index contributed by atoms with van der Waals surface area (Å²) in [6, 6.07) is 19.3. The normalized spacial score (nSPS) is 11.2. The second kappa shape index (κ2) is 4.99. The molecule has 3 N–H and O–H groups in total. The van der Waals surface area contributed by atoms with Gasteiger partial charge in [-0.05, 0) is 59.7 Å². The summed E-state index contributed by atoms with van der Waals surface area (Å²) >= 11 is 0. The van der Waals surface area contributed by atoms with Crippen molar-refractivity contribution in [2.75, 3.05) is 5.73 Å². The number of fused-ring (bicyclic) bond motifs is 3. The summed E-state index contributed by atoms with van der Waals surface area (Å²) in [7, 11) is 0. The maximum atomic E-state index is 9.68. The molecule has 0 fully saturated rings. The van der Waals surface area contributed by atoms with Crippen molar-refractivity contribution in [3.05, 3.63) is 66.2 Å². The number of phenolic OH excluding ortho intramolecular Hbond substituents is 1. The van der Waals surface area contributed by atoms with E-state index in [1.54, 1.807) is 12.1 Å². The fraction of sp³-hybridized carbons (Fsp3) is 0.0500. The number of rotatable bonds is 1. The van der Waals surface area contributed by atoms with Gasteiger partial charge in [-0.25, -0.2) is 4.98 Å². The summed E-state index contributed by atoms with van der Waals surface area (Å²) in [5.41, 5.74) is 10.5. The quantitative estimate of drug-likeness (QED) is 0.397. The summed E-state index contributed by atoms with van der Waals surface area (Å²) in [6.07, 6.45) is 0. The Morgan fingerprint density at radius 2 is 1.83 bits per heavy atom. The second-order valence-electron chi connectivity index (χ2n) is 5.81. The molecule has 0 unspecified atom stereocenters. The Hall–Kier alpha value is -3.07. The molecular formula is C20H16N2O. The summed E-state index contributed by atoms with van der Waals surface area (Å²) in [5.74, 6) is 0.246. The predicted octanol–water partition coefficient (Wildman–Crippen LogP) is 4.65. The van der Waals surface area contributed by atoms with Crippen LogP contribution in [0, 0.1) is 6.92 Å². The van der Waals surface area contributed by atoms with Crippen LogP contribution < -0.4 is 5.73 Å². The number of nitrogens with zero attached hydrogens (tertiary/aromatic N) is 1. The van der Waals surface area contributed by atoms with Crippen molar-refractivity contribution in [1.29, 1.82) is 0 Å². The number of nitrogens with two attached hydrogens (primary N) is 1. The number of aromatic hydroxyl groups is 1. The average Bonchev–Trinajstić information content (AvgIpc) is 2.54. The van der Waals surface area contributed by atoms with Crippen LogP contribution in [0.3, 0.4) is 0 Å². The minimum absolute atomic E-state index is 0.246. The van der Waals surface area contributed by atoms with Crippen LogP contribution in [0.15, 0.2) is 60.7 Å². The van der Waals surface area contributed by atoms with Gasteiger partial charge in [-0.15, -0.1) is 0 Å². The van der Waals surface area contributed by atoms with Crippen molar-refractivity contribution in [2.24, 2.45) is 0 Å². The highest BCUT2D eigenvalue weighted by Crippen LogP contribution is 2.31. The molecule has 3 heteroatoms. The summed E-state index contributed by atoms with van der Waals surface area (Å²) in [4.78, 5) is 4.78. The van der Waals surface area contributed by atoms with Crippen LogP contribution in [0.1, 0.15) is 5.56 Å². The Bertz CT molecular complexity index is 1050. The molecule has 1 aromatic heterocycles. The first kappa shape index (κ1) is 13.6. The zero-order valence-corrected chi connectivity index (χ0v) is 12.7. The molecular weight excluding hydrogens is 284 g/mol. The van der Waals surface area contributed by atoms with Crippen molar-refractivity contribution in [1.82, 2.24) is 4.98 Å². The lowest BCUT2D eigenvalue weighted by Gasteiger charge is -2.10. The molecule has 23 heavy (non-hydrogen) atoms. The lowest BCUT2D eigenvalue weighted by molar-refractivity contribution is 0.475. The van der Waals surface area contributed by atoms with E-state index in [1.807, 2.05) is 36.4 Å². The van der Waals surface area contributed by atoms with Gasteiger partial charge in [0, 0.05) is 16.6 Å². The predicted molar refractivity (Wildman–Crippen MR) is 95.5 cm³/mol. The molecule has 0 bridgehead atoms. The van der Waals surface area contributed by atoms with Crippen molar-refractivity contribution in [2.45, 2.75) is 6.92 Å². The van der Waals surface area contributed by atoms with E-state index in [0.717, 1.165) is 44.2 Å². The minimum Gasteiger partial charge on any atom is -0.508 e. The van der Waals surface area contributed by atoms with Crippen molar-refractivity contribution < 1.29 is 5.11 Å². The summed E-state index contributed by atoms with van der Waals surface area (Å²) < 4.78 is 0. The highest BCUT2D eigenvalue weighted by atomic mass is 16.3. The Labute approximate surface area is 134 Å². The van der Waals surface area contributed by atoms with Gasteiger partial charge in [0.1, 0.15) is 5.75 Å². The largest absolute Gasteiger partial charge is 0.508 e. The van der Waals surface area contributed by atoms with Crippen molar-refractivity contribution in [3.8, 4) is 17.0 Å². The number of nitrogen functional groups attached to an aromatic ring is 1. The van der Waals surface area contributed by atoms with E-state index in [0.29, 0.717) is 0 Å². The van der Waals surface area contributed by atoms with E-state index in [-0.39, 0.29) is 5.75 Å². The van der Waals surface area contributed by atoms with Gasteiger partial charge in [-0.1, -0.05) is 24.3 Å². The maximum Gasteiger partial charge on any atom is 0.116 e. The van der Waals surface area contributed by atoms with Crippen LogP contribution in [0.2, 0.25) is 0 Å². The lowest BCUT2D eigenvalue weighted by Crippen LogP contribution is -1.91. The third-order valence-electron chi connectivity index (χ3n) is 4.15. The molecule has 0 amide bonds. The highest BCUT2D eigenvalue weighted by molar-refractivity contribution is 6.09. The number of phenols is 1. The molecule has 0 aliphatic carbocycles. The first-order chi connectivity index (χ1) is 11.1. The number of aromatic nitrogens is 1. The number of hydrogen-bond donors (Lipinski definition) is 2. The highest BCUT2D eigenvalue weighted by Gasteiger charge is 2.09. The van der Waals surface area contributed by atoms with Gasteiger partial charge < -0.3 is 10.8 Å². The molecule has 3 nitrogen and oxygen atoms in total. The monoisotopic (exact) mass is 300 g/mol. The molecule has 4 rings (SSSR count). The van der Waals surface area contributed by atoms with Gasteiger partial charge >= 0.3 is 0 Å². The van der Waals surface area contributed by atoms with Gasteiger partial charge in [0.25, 0.3) is 0 Å². The topological polar surface area (TPSA) is 59.1 Å². The van der Waals surface area contributed by atoms with Crippen molar-refractivity contribution >= 4 is 27.4 Å². The Morgan fingerprint density at radius 1 is 0.957 bits per heavy atom. The van der Waals surface area contributed by atoms with Gasteiger partial charge in [-0.2, -0.15) is 0 Å². The lowest BCUT2D eigenvalue weighted by atomic mass is 9.99. The van der Waals surface area contributed by atoms with Crippen molar-refractivity contribution in [3.63, 3.8) is 0 Å². The number of hydrogen-bond acceptors (Lipinski definition) is 3. The smallest absolute Gasteiger partial charge is 0.116 e. The molecule has 0 aliphatic rings. The average molecular weight is 300 g/mol. The fourth-order valence-corrected chi connectivity index (χ4v) is 3.10. The molecule has 0 aliphatic heterocycles. The molecule has 4 aromatic rings. The van der Waals surface area contributed by atoms with Crippen LogP contribution in [-0.2, 0) is 0 Å². The molecule has 112 valence electrons. The second-order valence-corrected chi connectivity index (χ2v) is 5.81. The van der Waals surface area contributed by atoms with E-state index >= 15 is 0 Å². The number of aryl methyl sites for hydroxylation is 1. The summed E-state index contributed by atoms with van der Waals surface area (Å²) in [5, 5.41) is 13.1. The molecule has 0 spiro atoms. The zero-order valence-electron chi connectivity index (χ0n) is 12.7. The zero-order chi connectivity index (χ0) is 16.0. The number of anilines is 1. The first-order valence-corrected chi connectivity index (χ1v) is 7.51. The SMILES string of the molecule is Cc1cc(-c2cccc(O)c2)nc2ccc3cc(N)ccc3c12. The fourth-order valence-electron chi connectivity index (χ4n) is 3.10. The molecule has 0 saturated carbocycles. The van der Waals surface area contributed by atoms with E-state index < -0.39 is 0 Å². The van der Waals surface area contributed by atoms with Crippen LogP contribution in [0.25, 0.3) is 32.9 Å². The first-order valence-electron chi connectivity index (χ1n) is 7.51. The van der Waals surface area contributed by atoms with Crippen LogP contribution in [-0.4, -0.2) is 10.1 Å². The van der Waals surface area contributed by atoms with Gasteiger partial charge in [0.2, 0.25) is 0 Å². The van der Waals surface area contributed by atoms with E-state index in [9.17, 15) is 5.11 Å². The summed E-state index contributed by atoms with van der Waals surface area (Å²) in [6.45, 7) is 2.09. The third-order valence-corrected chi connectivity index (χ3v) is 4.15. The van der Waals surface area contributed by atoms with Crippen LogP contribution in [0.5, 0.6) is 5.75 Å². The van der Waals surface area contributed by atoms with Gasteiger partial charge in [0.15, 0.2) is 0 Å². The molecule has 0 saturated heterocycles. The maximum absolute atomic E-state index is 9.68. The van der Waals surface area contributed by atoms with Gasteiger partial charge in [0.05, 0.1) is 11.2 Å². The van der Waals surface area contributed by atoms with E-state index in [2.05, 4.69) is 19.1 Å². The van der Waals surface area contributed by atoms with Crippen LogP contribution >= 0.6 is 0 Å². The molecule has 0 radical (unpaired) electrons.